The predicted molar refractivity (Wildman–Crippen MR) is 71.7 cm³/mol. The number of carbonyl (C=O) groups is 1. The first kappa shape index (κ1) is 13.1. The summed E-state index contributed by atoms with van der Waals surface area (Å²) in [6.45, 7) is 3.98. The molecule has 1 unspecified atom stereocenters. The molecule has 1 atom stereocenters. The van der Waals surface area contributed by atoms with E-state index in [1.54, 1.807) is 0 Å². The first-order chi connectivity index (χ1) is 8.77. The predicted octanol–water partition coefficient (Wildman–Crippen LogP) is 1.50. The average Bonchev–Trinajstić information content (AvgIpc) is 2.76. The van der Waals surface area contributed by atoms with E-state index in [0.717, 1.165) is 18.7 Å². The number of anilines is 1. The van der Waals surface area contributed by atoms with Crippen molar-refractivity contribution in [3.63, 3.8) is 0 Å². The van der Waals surface area contributed by atoms with E-state index in [1.165, 1.54) is 5.56 Å². The molecule has 0 radical (unpaired) electrons. The van der Waals surface area contributed by atoms with Crippen LogP contribution in [0.2, 0.25) is 0 Å². The molecule has 18 heavy (non-hydrogen) atoms. The van der Waals surface area contributed by atoms with Gasteiger partial charge in [0, 0.05) is 24.8 Å². The fourth-order valence-electron chi connectivity index (χ4n) is 2.45. The zero-order chi connectivity index (χ0) is 13.0. The molecule has 1 aliphatic rings. The number of hydrogen-bond donors (Lipinski definition) is 1. The lowest BCUT2D eigenvalue weighted by Gasteiger charge is -2.17. The second kappa shape index (κ2) is 5.98. The summed E-state index contributed by atoms with van der Waals surface area (Å²) in [5.41, 5.74) is 7.88. The monoisotopic (exact) mass is 248 g/mol. The van der Waals surface area contributed by atoms with Crippen molar-refractivity contribution in [2.75, 3.05) is 31.2 Å². The molecule has 0 aromatic heterocycles. The molecule has 0 fully saturated rings. The molecule has 4 nitrogen and oxygen atoms in total. The lowest BCUT2D eigenvalue weighted by atomic mass is 9.98. The van der Waals surface area contributed by atoms with Crippen molar-refractivity contribution in [3.05, 3.63) is 29.8 Å². The van der Waals surface area contributed by atoms with Gasteiger partial charge in [0.05, 0.1) is 0 Å². The zero-order valence-electron chi connectivity index (χ0n) is 10.8. The van der Waals surface area contributed by atoms with Crippen molar-refractivity contribution >= 4 is 11.6 Å². The Morgan fingerprint density at radius 1 is 1.50 bits per heavy atom. The van der Waals surface area contributed by atoms with Crippen LogP contribution in [-0.2, 0) is 9.53 Å². The van der Waals surface area contributed by atoms with Gasteiger partial charge >= 0.3 is 0 Å². The Morgan fingerprint density at radius 3 is 3.00 bits per heavy atom. The topological polar surface area (TPSA) is 55.6 Å². The third-order valence-electron chi connectivity index (χ3n) is 3.32. The molecule has 4 heteroatoms. The molecule has 0 bridgehead atoms. The average molecular weight is 248 g/mol. The molecule has 0 spiro atoms. The summed E-state index contributed by atoms with van der Waals surface area (Å²) in [4.78, 5) is 13.9. The van der Waals surface area contributed by atoms with Gasteiger partial charge in [-0.2, -0.15) is 0 Å². The number of para-hydroxylation sites is 1. The first-order valence-electron chi connectivity index (χ1n) is 6.45. The largest absolute Gasteiger partial charge is 0.372 e. The highest BCUT2D eigenvalue weighted by Crippen LogP contribution is 2.37. The normalized spacial score (nSPS) is 17.9. The summed E-state index contributed by atoms with van der Waals surface area (Å²) >= 11 is 0. The zero-order valence-corrected chi connectivity index (χ0v) is 10.8. The van der Waals surface area contributed by atoms with Crippen LogP contribution in [0.15, 0.2) is 24.3 Å². The van der Waals surface area contributed by atoms with E-state index in [2.05, 4.69) is 6.07 Å². The number of nitrogens with two attached hydrogens (primary N) is 1. The molecule has 0 aliphatic carbocycles. The van der Waals surface area contributed by atoms with Crippen molar-refractivity contribution in [1.82, 2.24) is 0 Å². The van der Waals surface area contributed by atoms with Crippen LogP contribution in [0.3, 0.4) is 0 Å². The Balaban J connectivity index is 2.17. The maximum Gasteiger partial charge on any atom is 0.252 e. The van der Waals surface area contributed by atoms with Crippen LogP contribution in [0.5, 0.6) is 0 Å². The maximum absolute atomic E-state index is 12.1. The molecule has 2 rings (SSSR count). The molecule has 98 valence electrons. The van der Waals surface area contributed by atoms with Crippen LogP contribution in [0, 0.1) is 0 Å². The number of nitrogens with zero attached hydrogens (tertiary/aromatic N) is 1. The van der Waals surface area contributed by atoms with Crippen LogP contribution >= 0.6 is 0 Å². The standard InChI is InChI=1S/C14H20N2O2/c1-2-18-10-14(17)16-9-11(7-8-15)12-5-3-4-6-13(12)16/h3-6,11H,2,7-10,15H2,1H3. The summed E-state index contributed by atoms with van der Waals surface area (Å²) in [6.07, 6.45) is 0.912. The summed E-state index contributed by atoms with van der Waals surface area (Å²) in [5, 5.41) is 0. The van der Waals surface area contributed by atoms with Crippen molar-refractivity contribution in [1.29, 1.82) is 0 Å². The number of amides is 1. The number of carbonyl (C=O) groups excluding carboxylic acids is 1. The molecule has 2 N–H and O–H groups in total. The van der Waals surface area contributed by atoms with Gasteiger partial charge in [-0.15, -0.1) is 0 Å². The van der Waals surface area contributed by atoms with Crippen LogP contribution in [-0.4, -0.2) is 32.2 Å². The smallest absolute Gasteiger partial charge is 0.252 e. The van der Waals surface area contributed by atoms with E-state index < -0.39 is 0 Å². The number of ether oxygens (including phenoxy) is 1. The van der Waals surface area contributed by atoms with E-state index >= 15 is 0 Å². The quantitative estimate of drug-likeness (QED) is 0.859. The van der Waals surface area contributed by atoms with Gasteiger partial charge in [-0.05, 0) is 31.5 Å². The number of benzene rings is 1. The molecule has 1 aliphatic heterocycles. The van der Waals surface area contributed by atoms with Gasteiger partial charge in [0.1, 0.15) is 6.61 Å². The summed E-state index contributed by atoms with van der Waals surface area (Å²) in [7, 11) is 0. The minimum absolute atomic E-state index is 0.0313. The van der Waals surface area contributed by atoms with E-state index in [9.17, 15) is 4.79 Å². The number of hydrogen-bond acceptors (Lipinski definition) is 3. The van der Waals surface area contributed by atoms with Gasteiger partial charge in [0.2, 0.25) is 0 Å². The lowest BCUT2D eigenvalue weighted by Crippen LogP contribution is -2.33. The summed E-state index contributed by atoms with van der Waals surface area (Å²) in [5.74, 6) is 0.389. The van der Waals surface area contributed by atoms with Gasteiger partial charge in [-0.3, -0.25) is 4.79 Å². The SMILES string of the molecule is CCOCC(=O)N1CC(CCN)c2ccccc21. The van der Waals surface area contributed by atoms with Crippen molar-refractivity contribution < 1.29 is 9.53 Å². The van der Waals surface area contributed by atoms with E-state index in [4.69, 9.17) is 10.5 Å². The van der Waals surface area contributed by atoms with E-state index in [-0.39, 0.29) is 12.5 Å². The Kier molecular flexibility index (Phi) is 4.33. The van der Waals surface area contributed by atoms with Crippen molar-refractivity contribution in [2.24, 2.45) is 5.73 Å². The van der Waals surface area contributed by atoms with Crippen molar-refractivity contribution in [2.45, 2.75) is 19.3 Å². The minimum Gasteiger partial charge on any atom is -0.372 e. The molecule has 1 heterocycles. The Bertz CT molecular complexity index is 420. The Hall–Kier alpha value is -1.39. The number of fused-ring (bicyclic) bond motifs is 1. The fraction of sp³-hybridized carbons (Fsp3) is 0.500. The molecule has 1 amide bonds. The summed E-state index contributed by atoms with van der Waals surface area (Å²) in [6, 6.07) is 8.06. The molecule has 1 aromatic carbocycles. The van der Waals surface area contributed by atoms with Gasteiger partial charge in [-0.25, -0.2) is 0 Å². The highest BCUT2D eigenvalue weighted by atomic mass is 16.5. The van der Waals surface area contributed by atoms with Gasteiger partial charge in [0.15, 0.2) is 0 Å². The molecular weight excluding hydrogens is 228 g/mol. The number of rotatable bonds is 5. The molecular formula is C14H20N2O2. The highest BCUT2D eigenvalue weighted by molar-refractivity contribution is 5.96. The van der Waals surface area contributed by atoms with E-state index in [0.29, 0.717) is 19.1 Å². The maximum atomic E-state index is 12.1. The second-order valence-electron chi connectivity index (χ2n) is 4.47. The first-order valence-corrected chi connectivity index (χ1v) is 6.45. The Labute approximate surface area is 108 Å². The van der Waals surface area contributed by atoms with Gasteiger partial charge in [0.25, 0.3) is 5.91 Å². The third-order valence-corrected chi connectivity index (χ3v) is 3.32. The molecule has 0 saturated carbocycles. The van der Waals surface area contributed by atoms with Crippen LogP contribution < -0.4 is 10.6 Å². The van der Waals surface area contributed by atoms with Gasteiger partial charge < -0.3 is 15.4 Å². The third kappa shape index (κ3) is 2.54. The Morgan fingerprint density at radius 2 is 2.28 bits per heavy atom. The highest BCUT2D eigenvalue weighted by Gasteiger charge is 2.31. The van der Waals surface area contributed by atoms with Crippen LogP contribution in [0.4, 0.5) is 5.69 Å². The van der Waals surface area contributed by atoms with Crippen molar-refractivity contribution in [3.8, 4) is 0 Å². The van der Waals surface area contributed by atoms with Crippen LogP contribution in [0.25, 0.3) is 0 Å². The minimum atomic E-state index is 0.0313. The second-order valence-corrected chi connectivity index (χ2v) is 4.47. The molecule has 0 saturated heterocycles. The van der Waals surface area contributed by atoms with Gasteiger partial charge in [-0.1, -0.05) is 18.2 Å². The fourth-order valence-corrected chi connectivity index (χ4v) is 2.45. The van der Waals surface area contributed by atoms with E-state index in [1.807, 2.05) is 30.0 Å². The lowest BCUT2D eigenvalue weighted by molar-refractivity contribution is -0.122. The summed E-state index contributed by atoms with van der Waals surface area (Å²) < 4.78 is 5.20. The molecule has 1 aromatic rings. The van der Waals surface area contributed by atoms with Crippen LogP contribution in [0.1, 0.15) is 24.8 Å².